The first-order chi connectivity index (χ1) is 16.3. The first-order valence-corrected chi connectivity index (χ1v) is 12.8. The molecule has 2 aromatic rings. The number of sulfonamides is 1. The second-order valence-corrected chi connectivity index (χ2v) is 10.6. The molecule has 2 aliphatic rings. The van der Waals surface area contributed by atoms with E-state index in [0.717, 1.165) is 5.56 Å². The van der Waals surface area contributed by atoms with Crippen LogP contribution in [0.1, 0.15) is 41.6 Å². The molecule has 34 heavy (non-hydrogen) atoms. The molecule has 2 amide bonds. The number of benzene rings is 1. The number of rotatable bonds is 8. The Morgan fingerprint density at radius 2 is 1.91 bits per heavy atom. The molecule has 3 heterocycles. The van der Waals surface area contributed by atoms with Crippen molar-refractivity contribution in [2.24, 2.45) is 0 Å². The molecule has 1 aromatic carbocycles. The predicted octanol–water partition coefficient (Wildman–Crippen LogP) is 1.53. The molecule has 4 rings (SSSR count). The van der Waals surface area contributed by atoms with Crippen LogP contribution in [0.25, 0.3) is 0 Å². The van der Waals surface area contributed by atoms with Crippen molar-refractivity contribution in [2.45, 2.75) is 49.6 Å². The van der Waals surface area contributed by atoms with Gasteiger partial charge in [-0.15, -0.1) is 0 Å². The standard InChI is InChI=1S/C24H28N4O5S/c1-17-7-9-18(10-8-17)24(31)26-13-3-2-6-22(30)27-14-11-20-23(27)21(29)16-28(20)34(32,33)19-5-4-12-25-15-19/h4-5,7-10,12,15,20,23H,2-3,6,11,13-14,16H2,1H3,(H,26,31). The SMILES string of the molecule is Cc1ccc(C(=O)NCCCCC(=O)N2CCC3C2C(=O)CN3S(=O)(=O)c2cccnc2)cc1. The molecule has 2 unspecified atom stereocenters. The van der Waals surface area contributed by atoms with Crippen molar-refractivity contribution in [1.29, 1.82) is 0 Å². The lowest BCUT2D eigenvalue weighted by Crippen LogP contribution is -2.43. The maximum absolute atomic E-state index is 13.0. The highest BCUT2D eigenvalue weighted by Crippen LogP contribution is 2.34. The summed E-state index contributed by atoms with van der Waals surface area (Å²) in [6, 6.07) is 9.01. The number of pyridine rings is 1. The minimum atomic E-state index is -3.86. The maximum Gasteiger partial charge on any atom is 0.251 e. The van der Waals surface area contributed by atoms with Crippen LogP contribution in [0.2, 0.25) is 0 Å². The number of ketones is 1. The lowest BCUT2D eigenvalue weighted by Gasteiger charge is -2.24. The molecule has 2 fully saturated rings. The van der Waals surface area contributed by atoms with Crippen molar-refractivity contribution in [3.05, 3.63) is 59.9 Å². The molecule has 9 nitrogen and oxygen atoms in total. The monoisotopic (exact) mass is 484 g/mol. The van der Waals surface area contributed by atoms with Gasteiger partial charge in [0.05, 0.1) is 12.6 Å². The van der Waals surface area contributed by atoms with E-state index >= 15 is 0 Å². The largest absolute Gasteiger partial charge is 0.352 e. The topological polar surface area (TPSA) is 117 Å². The molecule has 2 atom stereocenters. The van der Waals surface area contributed by atoms with Gasteiger partial charge in [0.15, 0.2) is 5.78 Å². The normalized spacial score (nSPS) is 20.4. The number of nitrogens with zero attached hydrogens (tertiary/aromatic N) is 3. The molecule has 0 spiro atoms. The minimum Gasteiger partial charge on any atom is -0.352 e. The Bertz CT molecular complexity index is 1170. The number of unbranched alkanes of at least 4 members (excludes halogenated alkanes) is 1. The van der Waals surface area contributed by atoms with Gasteiger partial charge in [0.2, 0.25) is 15.9 Å². The van der Waals surface area contributed by atoms with Crippen LogP contribution in [0.15, 0.2) is 53.7 Å². The highest BCUT2D eigenvalue weighted by atomic mass is 32.2. The van der Waals surface area contributed by atoms with Crippen molar-refractivity contribution in [3.63, 3.8) is 0 Å². The van der Waals surface area contributed by atoms with E-state index in [1.54, 1.807) is 12.1 Å². The summed E-state index contributed by atoms with van der Waals surface area (Å²) in [6.07, 6.45) is 4.61. The predicted molar refractivity (Wildman–Crippen MR) is 124 cm³/mol. The van der Waals surface area contributed by atoms with E-state index in [0.29, 0.717) is 37.9 Å². The second-order valence-electron chi connectivity index (χ2n) is 8.67. The highest BCUT2D eigenvalue weighted by molar-refractivity contribution is 7.89. The molecule has 2 aliphatic heterocycles. The van der Waals surface area contributed by atoms with Crippen LogP contribution in [0.4, 0.5) is 0 Å². The number of likely N-dealkylation sites (tertiary alicyclic amines) is 1. The van der Waals surface area contributed by atoms with Gasteiger partial charge in [0.25, 0.3) is 5.91 Å². The first kappa shape index (κ1) is 24.0. The zero-order chi connectivity index (χ0) is 24.3. The average molecular weight is 485 g/mol. The number of hydrogen-bond acceptors (Lipinski definition) is 6. The molecule has 1 N–H and O–H groups in total. The smallest absolute Gasteiger partial charge is 0.251 e. The van der Waals surface area contributed by atoms with Crippen LogP contribution in [0, 0.1) is 6.92 Å². The van der Waals surface area contributed by atoms with Crippen molar-refractivity contribution in [1.82, 2.24) is 19.5 Å². The van der Waals surface area contributed by atoms with E-state index in [-0.39, 0.29) is 35.5 Å². The van der Waals surface area contributed by atoms with Gasteiger partial charge in [-0.1, -0.05) is 17.7 Å². The summed E-state index contributed by atoms with van der Waals surface area (Å²) in [7, 11) is -3.86. The number of Topliss-reactive ketones (excluding diaryl/α,β-unsaturated/α-hetero) is 1. The van der Waals surface area contributed by atoms with E-state index in [1.807, 2.05) is 19.1 Å². The third-order valence-corrected chi connectivity index (χ3v) is 8.21. The number of aryl methyl sites for hydroxylation is 1. The van der Waals surface area contributed by atoms with E-state index in [1.165, 1.54) is 33.7 Å². The van der Waals surface area contributed by atoms with Crippen LogP contribution in [0.5, 0.6) is 0 Å². The van der Waals surface area contributed by atoms with Gasteiger partial charge < -0.3 is 10.2 Å². The number of aromatic nitrogens is 1. The molecule has 1 aromatic heterocycles. The van der Waals surface area contributed by atoms with Gasteiger partial charge in [-0.25, -0.2) is 8.42 Å². The van der Waals surface area contributed by atoms with E-state index in [4.69, 9.17) is 0 Å². The highest BCUT2D eigenvalue weighted by Gasteiger charge is 2.53. The number of amides is 2. The summed E-state index contributed by atoms with van der Waals surface area (Å²) in [5.74, 6) is -0.569. The first-order valence-electron chi connectivity index (χ1n) is 11.4. The van der Waals surface area contributed by atoms with Gasteiger partial charge in [-0.2, -0.15) is 4.31 Å². The Hall–Kier alpha value is -3.11. The van der Waals surface area contributed by atoms with Gasteiger partial charge in [0.1, 0.15) is 10.9 Å². The average Bonchev–Trinajstić information content (AvgIpc) is 3.41. The molecule has 0 saturated carbocycles. The summed E-state index contributed by atoms with van der Waals surface area (Å²) in [4.78, 5) is 43.1. The Kier molecular flexibility index (Phi) is 7.08. The third-order valence-electron chi connectivity index (χ3n) is 6.36. The summed E-state index contributed by atoms with van der Waals surface area (Å²) in [6.45, 7) is 2.52. The number of nitrogens with one attached hydrogen (secondary N) is 1. The zero-order valence-corrected chi connectivity index (χ0v) is 19.8. The van der Waals surface area contributed by atoms with Crippen molar-refractivity contribution < 1.29 is 22.8 Å². The molecule has 2 saturated heterocycles. The zero-order valence-electron chi connectivity index (χ0n) is 19.0. The number of carbonyl (C=O) groups is 3. The van der Waals surface area contributed by atoms with Crippen molar-refractivity contribution in [3.8, 4) is 0 Å². The molecular formula is C24H28N4O5S. The summed E-state index contributed by atoms with van der Waals surface area (Å²) < 4.78 is 27.2. The molecular weight excluding hydrogens is 456 g/mol. The minimum absolute atomic E-state index is 0.0425. The molecule has 0 bridgehead atoms. The van der Waals surface area contributed by atoms with Crippen molar-refractivity contribution >= 4 is 27.6 Å². The van der Waals surface area contributed by atoms with Crippen LogP contribution >= 0.6 is 0 Å². The Labute approximate surface area is 199 Å². The van der Waals surface area contributed by atoms with Gasteiger partial charge >= 0.3 is 0 Å². The van der Waals surface area contributed by atoms with E-state index in [2.05, 4.69) is 10.3 Å². The summed E-state index contributed by atoms with van der Waals surface area (Å²) in [5, 5.41) is 2.85. The lowest BCUT2D eigenvalue weighted by atomic mass is 10.1. The van der Waals surface area contributed by atoms with Crippen molar-refractivity contribution in [2.75, 3.05) is 19.6 Å². The number of carbonyl (C=O) groups excluding carboxylic acids is 3. The lowest BCUT2D eigenvalue weighted by molar-refractivity contribution is -0.136. The quantitative estimate of drug-likeness (QED) is 0.568. The second kappa shape index (κ2) is 10.0. The molecule has 0 aliphatic carbocycles. The fourth-order valence-corrected chi connectivity index (χ4v) is 6.15. The fourth-order valence-electron chi connectivity index (χ4n) is 4.56. The van der Waals surface area contributed by atoms with Crippen LogP contribution in [-0.2, 0) is 19.6 Å². The Morgan fingerprint density at radius 1 is 1.15 bits per heavy atom. The Morgan fingerprint density at radius 3 is 2.62 bits per heavy atom. The van der Waals surface area contributed by atoms with Crippen LogP contribution in [-0.4, -0.2) is 71.9 Å². The van der Waals surface area contributed by atoms with E-state index < -0.39 is 22.1 Å². The van der Waals surface area contributed by atoms with Gasteiger partial charge in [0, 0.05) is 37.5 Å². The fraction of sp³-hybridized carbons (Fsp3) is 0.417. The molecule has 10 heteroatoms. The maximum atomic E-state index is 13.0. The van der Waals surface area contributed by atoms with Gasteiger partial charge in [-0.3, -0.25) is 19.4 Å². The number of fused-ring (bicyclic) bond motifs is 1. The third kappa shape index (κ3) is 4.88. The van der Waals surface area contributed by atoms with Crippen LogP contribution < -0.4 is 5.32 Å². The van der Waals surface area contributed by atoms with Crippen LogP contribution in [0.3, 0.4) is 0 Å². The van der Waals surface area contributed by atoms with E-state index in [9.17, 15) is 22.8 Å². The van der Waals surface area contributed by atoms with Gasteiger partial charge in [-0.05, 0) is 50.5 Å². The number of hydrogen-bond donors (Lipinski definition) is 1. The summed E-state index contributed by atoms with van der Waals surface area (Å²) in [5.41, 5.74) is 1.67. The summed E-state index contributed by atoms with van der Waals surface area (Å²) >= 11 is 0. The molecule has 180 valence electrons. The molecule has 0 radical (unpaired) electrons. The Balaban J connectivity index is 1.28.